The van der Waals surface area contributed by atoms with Crippen LogP contribution >= 0.6 is 0 Å². The minimum atomic E-state index is -0.572. The number of aliphatic hydroxyl groups excluding tert-OH is 2. The molecule has 0 aliphatic carbocycles. The molecule has 2 N–H and O–H groups in total. The molecule has 0 rings (SSSR count). The van der Waals surface area contributed by atoms with Crippen LogP contribution in [0, 0.1) is 5.92 Å². The van der Waals surface area contributed by atoms with Gasteiger partial charge in [-0.1, -0.05) is 13.8 Å². The Morgan fingerprint density at radius 1 is 1.00 bits per heavy atom. The Hall–Kier alpha value is -0.120. The monoisotopic (exact) mass is 161 g/mol. The van der Waals surface area contributed by atoms with Gasteiger partial charge in [0.1, 0.15) is 12.5 Å². The van der Waals surface area contributed by atoms with Gasteiger partial charge >= 0.3 is 0 Å². The molecule has 11 heavy (non-hydrogen) atoms. The third-order valence-corrected chi connectivity index (χ3v) is 1.54. The first kappa shape index (κ1) is 10.9. The van der Waals surface area contributed by atoms with E-state index < -0.39 is 12.5 Å². The van der Waals surface area contributed by atoms with Gasteiger partial charge in [-0.15, -0.1) is 0 Å². The van der Waals surface area contributed by atoms with Crippen LogP contribution < -0.4 is 0 Å². The van der Waals surface area contributed by atoms with Crippen LogP contribution in [0.25, 0.3) is 0 Å². The molecule has 3 nitrogen and oxygen atoms in total. The van der Waals surface area contributed by atoms with Gasteiger partial charge in [-0.2, -0.15) is 0 Å². The molecule has 0 saturated carbocycles. The maximum Gasteiger partial charge on any atom is 0.106 e. The van der Waals surface area contributed by atoms with Crippen molar-refractivity contribution >= 4 is 0 Å². The Balaban J connectivity index is 3.90. The SMILES string of the molecule is CC(C)CN(C(C)O)C(C)O. The molecule has 0 fully saturated rings. The summed E-state index contributed by atoms with van der Waals surface area (Å²) in [6, 6.07) is 0. The van der Waals surface area contributed by atoms with E-state index >= 15 is 0 Å². The maximum absolute atomic E-state index is 9.20. The van der Waals surface area contributed by atoms with E-state index in [1.807, 2.05) is 0 Å². The van der Waals surface area contributed by atoms with Crippen LogP contribution in [0.3, 0.4) is 0 Å². The van der Waals surface area contributed by atoms with Crippen molar-refractivity contribution in [1.82, 2.24) is 4.90 Å². The number of hydrogen-bond donors (Lipinski definition) is 2. The minimum Gasteiger partial charge on any atom is -0.379 e. The number of hydrogen-bond acceptors (Lipinski definition) is 3. The van der Waals surface area contributed by atoms with E-state index in [1.54, 1.807) is 18.7 Å². The Labute approximate surface area is 68.6 Å². The fourth-order valence-corrected chi connectivity index (χ4v) is 1.04. The third-order valence-electron chi connectivity index (χ3n) is 1.54. The Bertz CT molecular complexity index is 94.3. The molecule has 3 heteroatoms. The molecule has 0 aromatic carbocycles. The van der Waals surface area contributed by atoms with Gasteiger partial charge in [-0.25, -0.2) is 0 Å². The normalized spacial score (nSPS) is 17.5. The Morgan fingerprint density at radius 2 is 1.36 bits per heavy atom. The van der Waals surface area contributed by atoms with Crippen LogP contribution in [0.5, 0.6) is 0 Å². The zero-order valence-electron chi connectivity index (χ0n) is 7.78. The van der Waals surface area contributed by atoms with Crippen molar-refractivity contribution in [2.75, 3.05) is 6.54 Å². The molecule has 2 atom stereocenters. The molecular weight excluding hydrogens is 142 g/mol. The number of nitrogens with zero attached hydrogens (tertiary/aromatic N) is 1. The maximum atomic E-state index is 9.20. The van der Waals surface area contributed by atoms with Crippen LogP contribution in [-0.4, -0.2) is 34.1 Å². The fourth-order valence-electron chi connectivity index (χ4n) is 1.04. The second kappa shape index (κ2) is 4.70. The third kappa shape index (κ3) is 4.35. The van der Waals surface area contributed by atoms with Gasteiger partial charge < -0.3 is 10.2 Å². The van der Waals surface area contributed by atoms with Crippen LogP contribution in [0.4, 0.5) is 0 Å². The first-order valence-corrected chi connectivity index (χ1v) is 4.07. The highest BCUT2D eigenvalue weighted by Gasteiger charge is 2.16. The topological polar surface area (TPSA) is 43.7 Å². The zero-order chi connectivity index (χ0) is 9.02. The smallest absolute Gasteiger partial charge is 0.106 e. The molecular formula is C8H19NO2. The van der Waals surface area contributed by atoms with Gasteiger partial charge in [0.15, 0.2) is 0 Å². The van der Waals surface area contributed by atoms with Gasteiger partial charge in [-0.05, 0) is 19.8 Å². The van der Waals surface area contributed by atoms with Gasteiger partial charge in [0, 0.05) is 6.54 Å². The van der Waals surface area contributed by atoms with Gasteiger partial charge in [0.25, 0.3) is 0 Å². The largest absolute Gasteiger partial charge is 0.379 e. The molecule has 0 amide bonds. The summed E-state index contributed by atoms with van der Waals surface area (Å²) in [6.45, 7) is 8.15. The minimum absolute atomic E-state index is 0.458. The number of rotatable bonds is 4. The first-order chi connectivity index (χ1) is 4.95. The molecule has 0 radical (unpaired) electrons. The Kier molecular flexibility index (Phi) is 4.65. The van der Waals surface area contributed by atoms with Crippen molar-refractivity contribution in [3.05, 3.63) is 0 Å². The summed E-state index contributed by atoms with van der Waals surface area (Å²) in [5.41, 5.74) is 0. The van der Waals surface area contributed by atoms with Crippen molar-refractivity contribution in [2.45, 2.75) is 40.2 Å². The van der Waals surface area contributed by atoms with Crippen molar-refractivity contribution in [1.29, 1.82) is 0 Å². The van der Waals surface area contributed by atoms with E-state index in [-0.39, 0.29) is 0 Å². The second-order valence-corrected chi connectivity index (χ2v) is 3.35. The molecule has 2 unspecified atom stereocenters. The highest BCUT2D eigenvalue weighted by molar-refractivity contribution is 4.60. The van der Waals surface area contributed by atoms with Crippen LogP contribution in [0.15, 0.2) is 0 Å². The lowest BCUT2D eigenvalue weighted by molar-refractivity contribution is -0.0893. The summed E-state index contributed by atoms with van der Waals surface area (Å²) in [4.78, 5) is 1.64. The molecule has 0 heterocycles. The van der Waals surface area contributed by atoms with Gasteiger partial charge in [0.05, 0.1) is 0 Å². The van der Waals surface area contributed by atoms with Gasteiger partial charge in [0.2, 0.25) is 0 Å². The fraction of sp³-hybridized carbons (Fsp3) is 1.00. The lowest BCUT2D eigenvalue weighted by atomic mass is 10.2. The predicted octanol–water partition coefficient (Wildman–Crippen LogP) is 0.621. The van der Waals surface area contributed by atoms with Crippen LogP contribution in [-0.2, 0) is 0 Å². The van der Waals surface area contributed by atoms with Crippen molar-refractivity contribution in [3.63, 3.8) is 0 Å². The average Bonchev–Trinajstić information content (AvgIpc) is 1.81. The molecule has 0 aromatic rings. The van der Waals surface area contributed by atoms with Crippen LogP contribution in [0.1, 0.15) is 27.7 Å². The van der Waals surface area contributed by atoms with E-state index in [2.05, 4.69) is 13.8 Å². The molecule has 0 saturated heterocycles. The van der Waals surface area contributed by atoms with Crippen LogP contribution in [0.2, 0.25) is 0 Å². The molecule has 0 spiro atoms. The highest BCUT2D eigenvalue weighted by Crippen LogP contribution is 2.05. The van der Waals surface area contributed by atoms with Gasteiger partial charge in [-0.3, -0.25) is 4.90 Å². The van der Waals surface area contributed by atoms with E-state index in [4.69, 9.17) is 0 Å². The quantitative estimate of drug-likeness (QED) is 0.594. The van der Waals surface area contributed by atoms with E-state index in [9.17, 15) is 10.2 Å². The summed E-state index contributed by atoms with van der Waals surface area (Å²) in [6.07, 6.45) is -1.14. The van der Waals surface area contributed by atoms with Crippen molar-refractivity contribution in [2.24, 2.45) is 5.92 Å². The average molecular weight is 161 g/mol. The molecule has 0 bridgehead atoms. The molecule has 68 valence electrons. The number of aliphatic hydroxyl groups is 2. The molecule has 0 aliphatic heterocycles. The lowest BCUT2D eigenvalue weighted by Gasteiger charge is -2.29. The summed E-state index contributed by atoms with van der Waals surface area (Å²) in [7, 11) is 0. The second-order valence-electron chi connectivity index (χ2n) is 3.35. The predicted molar refractivity (Wildman–Crippen MR) is 44.9 cm³/mol. The summed E-state index contributed by atoms with van der Waals surface area (Å²) in [5.74, 6) is 0.458. The van der Waals surface area contributed by atoms with Crippen molar-refractivity contribution in [3.8, 4) is 0 Å². The zero-order valence-corrected chi connectivity index (χ0v) is 7.78. The summed E-state index contributed by atoms with van der Waals surface area (Å²) < 4.78 is 0. The lowest BCUT2D eigenvalue weighted by Crippen LogP contribution is -2.42. The summed E-state index contributed by atoms with van der Waals surface area (Å²) >= 11 is 0. The van der Waals surface area contributed by atoms with E-state index in [1.165, 1.54) is 0 Å². The summed E-state index contributed by atoms with van der Waals surface area (Å²) in [5, 5.41) is 18.4. The Morgan fingerprint density at radius 3 is 1.45 bits per heavy atom. The van der Waals surface area contributed by atoms with Crippen molar-refractivity contribution < 1.29 is 10.2 Å². The molecule has 0 aliphatic rings. The van der Waals surface area contributed by atoms with E-state index in [0.29, 0.717) is 5.92 Å². The standard InChI is InChI=1S/C8H19NO2/c1-6(2)5-9(7(3)10)8(4)11/h6-8,10-11H,5H2,1-4H3. The first-order valence-electron chi connectivity index (χ1n) is 4.07. The van der Waals surface area contributed by atoms with E-state index in [0.717, 1.165) is 6.54 Å². The highest BCUT2D eigenvalue weighted by atomic mass is 16.3. The molecule has 0 aromatic heterocycles.